The van der Waals surface area contributed by atoms with Crippen LogP contribution >= 0.6 is 0 Å². The molecule has 1 aliphatic rings. The van der Waals surface area contributed by atoms with Crippen molar-refractivity contribution in [3.05, 3.63) is 18.0 Å². The van der Waals surface area contributed by atoms with Gasteiger partial charge in [-0.3, -0.25) is 4.68 Å². The maximum absolute atomic E-state index is 4.24. The molecule has 0 amide bonds. The molecule has 2 heterocycles. The van der Waals surface area contributed by atoms with Crippen molar-refractivity contribution < 1.29 is 0 Å². The second-order valence-electron chi connectivity index (χ2n) is 3.14. The lowest BCUT2D eigenvalue weighted by Crippen LogP contribution is -2.16. The molecule has 0 atom stereocenters. The van der Waals surface area contributed by atoms with Gasteiger partial charge in [0.1, 0.15) is 0 Å². The Balaban J connectivity index is 0.000000396. The highest BCUT2D eigenvalue weighted by atomic mass is 15.3. The summed E-state index contributed by atoms with van der Waals surface area (Å²) in [4.78, 5) is 2.33. The molecule has 3 nitrogen and oxygen atoms in total. The molecule has 0 radical (unpaired) electrons. The number of nitrogens with zero attached hydrogens (tertiary/aromatic N) is 3. The van der Waals surface area contributed by atoms with E-state index in [0.29, 0.717) is 0 Å². The summed E-state index contributed by atoms with van der Waals surface area (Å²) in [6.45, 7) is 7.30. The van der Waals surface area contributed by atoms with Gasteiger partial charge in [0.15, 0.2) is 0 Å². The molecule has 1 aliphatic heterocycles. The zero-order valence-electron chi connectivity index (χ0n) is 8.82. The molecular weight excluding hydrogens is 162 g/mol. The Morgan fingerprint density at radius 1 is 1.31 bits per heavy atom. The molecule has 0 saturated heterocycles. The number of hydrogen-bond acceptors (Lipinski definition) is 2. The number of rotatable bonds is 0. The van der Waals surface area contributed by atoms with Crippen LogP contribution in [0.1, 0.15) is 26.0 Å². The number of fused-ring (bicyclic) bond motifs is 1. The van der Waals surface area contributed by atoms with Crippen LogP contribution in [-0.2, 0) is 13.1 Å². The molecule has 0 saturated carbocycles. The largest absolute Gasteiger partial charge is 0.300 e. The van der Waals surface area contributed by atoms with E-state index in [9.17, 15) is 0 Å². The molecule has 0 aromatic carbocycles. The topological polar surface area (TPSA) is 21.1 Å². The molecule has 0 aliphatic carbocycles. The van der Waals surface area contributed by atoms with Gasteiger partial charge in [0.05, 0.1) is 5.69 Å². The minimum absolute atomic E-state index is 1.04. The molecule has 1 aromatic heterocycles. The van der Waals surface area contributed by atoms with Crippen LogP contribution in [0, 0.1) is 0 Å². The van der Waals surface area contributed by atoms with E-state index < -0.39 is 0 Å². The summed E-state index contributed by atoms with van der Waals surface area (Å²) in [7, 11) is 2.16. The molecular formula is C10H19N3. The summed E-state index contributed by atoms with van der Waals surface area (Å²) >= 11 is 0. The first-order valence-electron chi connectivity index (χ1n) is 5.05. The lowest BCUT2D eigenvalue weighted by Gasteiger charge is -2.10. The predicted octanol–water partition coefficient (Wildman–Crippen LogP) is 1.74. The quantitative estimate of drug-likeness (QED) is 0.608. The van der Waals surface area contributed by atoms with Gasteiger partial charge in [-0.15, -0.1) is 0 Å². The lowest BCUT2D eigenvalue weighted by atomic mass is 10.4. The number of aryl methyl sites for hydroxylation is 1. The molecule has 0 N–H and O–H groups in total. The monoisotopic (exact) mass is 181 g/mol. The average molecular weight is 181 g/mol. The number of aromatic nitrogens is 2. The zero-order valence-corrected chi connectivity index (χ0v) is 8.82. The van der Waals surface area contributed by atoms with Crippen LogP contribution in [0.25, 0.3) is 0 Å². The van der Waals surface area contributed by atoms with Crippen molar-refractivity contribution in [2.24, 2.45) is 0 Å². The van der Waals surface area contributed by atoms with E-state index in [-0.39, 0.29) is 0 Å². The van der Waals surface area contributed by atoms with Crippen LogP contribution in [-0.4, -0.2) is 28.3 Å². The maximum atomic E-state index is 4.24. The van der Waals surface area contributed by atoms with Gasteiger partial charge in [-0.25, -0.2) is 0 Å². The Morgan fingerprint density at radius 3 is 2.85 bits per heavy atom. The molecule has 0 fully saturated rings. The van der Waals surface area contributed by atoms with Crippen molar-refractivity contribution in [2.45, 2.75) is 33.4 Å². The van der Waals surface area contributed by atoms with Gasteiger partial charge in [-0.2, -0.15) is 5.10 Å². The Kier molecular flexibility index (Phi) is 3.96. The highest BCUT2D eigenvalue weighted by molar-refractivity contribution is 5.01. The van der Waals surface area contributed by atoms with E-state index in [4.69, 9.17) is 0 Å². The minimum atomic E-state index is 1.04. The van der Waals surface area contributed by atoms with Gasteiger partial charge in [0, 0.05) is 25.8 Å². The zero-order chi connectivity index (χ0) is 9.68. The maximum Gasteiger partial charge on any atom is 0.0524 e. The first-order chi connectivity index (χ1) is 6.36. The molecule has 2 rings (SSSR count). The van der Waals surface area contributed by atoms with E-state index in [2.05, 4.69) is 27.8 Å². The van der Waals surface area contributed by atoms with E-state index in [0.717, 1.165) is 13.1 Å². The summed E-state index contributed by atoms with van der Waals surface area (Å²) in [5.41, 5.74) is 1.34. The van der Waals surface area contributed by atoms with Gasteiger partial charge in [-0.1, -0.05) is 13.8 Å². The third-order valence-corrected chi connectivity index (χ3v) is 2.15. The molecule has 0 spiro atoms. The fourth-order valence-corrected chi connectivity index (χ4v) is 1.54. The van der Waals surface area contributed by atoms with Crippen molar-refractivity contribution in [3.63, 3.8) is 0 Å². The average Bonchev–Trinajstić information content (AvgIpc) is 2.50. The Labute approximate surface area is 80.4 Å². The van der Waals surface area contributed by atoms with Crippen LogP contribution in [0.5, 0.6) is 0 Å². The Hall–Kier alpha value is -0.830. The molecule has 0 bridgehead atoms. The van der Waals surface area contributed by atoms with Crippen LogP contribution in [0.2, 0.25) is 0 Å². The van der Waals surface area contributed by atoms with E-state index in [1.165, 1.54) is 18.7 Å². The third kappa shape index (κ3) is 2.56. The standard InChI is InChI=1S/C8H13N3.C2H6/c1-10-5-2-6-11-8(7-10)3-4-9-11;1-2/h3-4H,2,5-7H2,1H3;1-2H3. The minimum Gasteiger partial charge on any atom is -0.300 e. The normalized spacial score (nSPS) is 16.8. The second kappa shape index (κ2) is 5.02. The van der Waals surface area contributed by atoms with Gasteiger partial charge in [0.25, 0.3) is 0 Å². The Morgan fingerprint density at radius 2 is 2.08 bits per heavy atom. The molecule has 13 heavy (non-hydrogen) atoms. The molecule has 1 aromatic rings. The van der Waals surface area contributed by atoms with E-state index in [1.54, 1.807) is 0 Å². The van der Waals surface area contributed by atoms with Gasteiger partial charge >= 0.3 is 0 Å². The summed E-state index contributed by atoms with van der Waals surface area (Å²) in [6, 6.07) is 2.10. The van der Waals surface area contributed by atoms with Crippen molar-refractivity contribution in [3.8, 4) is 0 Å². The third-order valence-electron chi connectivity index (χ3n) is 2.15. The first-order valence-corrected chi connectivity index (χ1v) is 5.05. The summed E-state index contributed by atoms with van der Waals surface area (Å²) in [5, 5.41) is 4.24. The summed E-state index contributed by atoms with van der Waals surface area (Å²) in [5.74, 6) is 0. The summed E-state index contributed by atoms with van der Waals surface area (Å²) in [6.07, 6.45) is 3.10. The SMILES string of the molecule is CC.CN1CCCn2nccc2C1. The molecule has 0 unspecified atom stereocenters. The molecule has 3 heteroatoms. The van der Waals surface area contributed by atoms with Gasteiger partial charge in [0.2, 0.25) is 0 Å². The fraction of sp³-hybridized carbons (Fsp3) is 0.700. The van der Waals surface area contributed by atoms with Crippen molar-refractivity contribution >= 4 is 0 Å². The van der Waals surface area contributed by atoms with Crippen molar-refractivity contribution in [2.75, 3.05) is 13.6 Å². The van der Waals surface area contributed by atoms with Crippen LogP contribution < -0.4 is 0 Å². The lowest BCUT2D eigenvalue weighted by molar-refractivity contribution is 0.332. The smallest absolute Gasteiger partial charge is 0.0524 e. The van der Waals surface area contributed by atoms with Crippen molar-refractivity contribution in [1.29, 1.82) is 0 Å². The second-order valence-corrected chi connectivity index (χ2v) is 3.14. The predicted molar refractivity (Wildman–Crippen MR) is 54.5 cm³/mol. The highest BCUT2D eigenvalue weighted by Gasteiger charge is 2.09. The van der Waals surface area contributed by atoms with E-state index >= 15 is 0 Å². The highest BCUT2D eigenvalue weighted by Crippen LogP contribution is 2.08. The van der Waals surface area contributed by atoms with Crippen LogP contribution in [0.15, 0.2) is 12.3 Å². The Bertz CT molecular complexity index is 242. The molecule has 74 valence electrons. The van der Waals surface area contributed by atoms with Crippen LogP contribution in [0.3, 0.4) is 0 Å². The summed E-state index contributed by atoms with van der Waals surface area (Å²) < 4.78 is 2.10. The van der Waals surface area contributed by atoms with Gasteiger partial charge in [-0.05, 0) is 19.5 Å². The fourth-order valence-electron chi connectivity index (χ4n) is 1.54. The first kappa shape index (κ1) is 10.3. The number of hydrogen-bond donors (Lipinski definition) is 0. The van der Waals surface area contributed by atoms with E-state index in [1.807, 2.05) is 20.0 Å². The van der Waals surface area contributed by atoms with Crippen molar-refractivity contribution in [1.82, 2.24) is 14.7 Å². The van der Waals surface area contributed by atoms with Gasteiger partial charge < -0.3 is 4.90 Å². The van der Waals surface area contributed by atoms with Crippen LogP contribution in [0.4, 0.5) is 0 Å².